The molecule has 0 radical (unpaired) electrons. The summed E-state index contributed by atoms with van der Waals surface area (Å²) in [7, 11) is 1.58. The molecule has 0 bridgehead atoms. The van der Waals surface area contributed by atoms with Crippen molar-refractivity contribution in [2.75, 3.05) is 26.9 Å². The highest BCUT2D eigenvalue weighted by Gasteiger charge is 2.10. The van der Waals surface area contributed by atoms with Gasteiger partial charge in [-0.05, 0) is 6.08 Å². The minimum Gasteiger partial charge on any atom is -0.489 e. The first-order valence-corrected chi connectivity index (χ1v) is 6.80. The van der Waals surface area contributed by atoms with Gasteiger partial charge in [0.15, 0.2) is 5.75 Å². The molecule has 0 saturated carbocycles. The van der Waals surface area contributed by atoms with Gasteiger partial charge >= 0.3 is 0 Å². The van der Waals surface area contributed by atoms with Gasteiger partial charge in [0.1, 0.15) is 23.5 Å². The van der Waals surface area contributed by atoms with Crippen molar-refractivity contribution in [3.05, 3.63) is 32.7 Å². The third-order valence-electron chi connectivity index (χ3n) is 1.99. The summed E-state index contributed by atoms with van der Waals surface area (Å²) in [6.45, 7) is 1.03. The van der Waals surface area contributed by atoms with Gasteiger partial charge in [0, 0.05) is 19.2 Å². The minimum atomic E-state index is 0.136. The Morgan fingerprint density at radius 2 is 1.74 bits per heavy atom. The van der Waals surface area contributed by atoms with Crippen molar-refractivity contribution in [1.29, 1.82) is 0 Å². The van der Waals surface area contributed by atoms with Crippen LogP contribution in [0.5, 0.6) is 11.5 Å². The molecule has 106 valence electrons. The number of methoxy groups -OCH3 is 1. The van der Waals surface area contributed by atoms with Gasteiger partial charge in [-0.1, -0.05) is 46.4 Å². The van der Waals surface area contributed by atoms with E-state index in [0.29, 0.717) is 34.8 Å². The smallest absolute Gasteiger partial charge is 0.156 e. The van der Waals surface area contributed by atoms with Crippen molar-refractivity contribution >= 4 is 46.4 Å². The standard InChI is InChI=1S/C12H12Cl4O3/c1-17-4-5-19-12-9(13)6-8(7-10(12)14)18-3-2-11(15)16/h2,6-7H,3-5H2,1H3. The number of hydrogen-bond donors (Lipinski definition) is 0. The molecule has 0 heterocycles. The molecule has 0 saturated heterocycles. The largest absolute Gasteiger partial charge is 0.489 e. The molecule has 0 atom stereocenters. The lowest BCUT2D eigenvalue weighted by Gasteiger charge is -2.11. The van der Waals surface area contributed by atoms with Crippen LogP contribution >= 0.6 is 46.4 Å². The van der Waals surface area contributed by atoms with Gasteiger partial charge in [-0.25, -0.2) is 0 Å². The van der Waals surface area contributed by atoms with Gasteiger partial charge in [0.25, 0.3) is 0 Å². The van der Waals surface area contributed by atoms with E-state index in [-0.39, 0.29) is 11.1 Å². The number of benzene rings is 1. The minimum absolute atomic E-state index is 0.136. The summed E-state index contributed by atoms with van der Waals surface area (Å²) in [6.07, 6.45) is 1.51. The molecule has 0 aliphatic rings. The summed E-state index contributed by atoms with van der Waals surface area (Å²) < 4.78 is 15.8. The Morgan fingerprint density at radius 1 is 1.11 bits per heavy atom. The number of hydrogen-bond acceptors (Lipinski definition) is 3. The second-order valence-corrected chi connectivity index (χ2v) is 5.18. The van der Waals surface area contributed by atoms with E-state index in [4.69, 9.17) is 60.6 Å². The zero-order valence-electron chi connectivity index (χ0n) is 10.1. The Hall–Kier alpha value is -0.320. The highest BCUT2D eigenvalue weighted by atomic mass is 35.5. The lowest BCUT2D eigenvalue weighted by Crippen LogP contribution is -2.05. The second kappa shape index (κ2) is 8.77. The van der Waals surface area contributed by atoms with E-state index >= 15 is 0 Å². The van der Waals surface area contributed by atoms with E-state index in [9.17, 15) is 0 Å². The normalized spacial score (nSPS) is 10.2. The first-order valence-electron chi connectivity index (χ1n) is 5.29. The first kappa shape index (κ1) is 16.7. The third kappa shape index (κ3) is 6.11. The van der Waals surface area contributed by atoms with Crippen LogP contribution in [0.1, 0.15) is 0 Å². The Labute approximate surface area is 131 Å². The average molecular weight is 346 g/mol. The quantitative estimate of drug-likeness (QED) is 0.669. The zero-order valence-corrected chi connectivity index (χ0v) is 13.1. The summed E-state index contributed by atoms with van der Waals surface area (Å²) in [6, 6.07) is 3.21. The number of halogens is 4. The maximum atomic E-state index is 6.06. The average Bonchev–Trinajstić information content (AvgIpc) is 2.32. The van der Waals surface area contributed by atoms with Crippen LogP contribution in [-0.2, 0) is 4.74 Å². The van der Waals surface area contributed by atoms with Gasteiger partial charge < -0.3 is 14.2 Å². The third-order valence-corrected chi connectivity index (χ3v) is 2.86. The van der Waals surface area contributed by atoms with E-state index in [1.54, 1.807) is 19.2 Å². The summed E-state index contributed by atoms with van der Waals surface area (Å²) in [5.74, 6) is 0.901. The Kier molecular flexibility index (Phi) is 7.73. The maximum Gasteiger partial charge on any atom is 0.156 e. The molecule has 0 spiro atoms. The van der Waals surface area contributed by atoms with Crippen LogP contribution in [0.2, 0.25) is 10.0 Å². The molecule has 7 heteroatoms. The monoisotopic (exact) mass is 344 g/mol. The van der Waals surface area contributed by atoms with E-state index in [2.05, 4.69) is 0 Å². The molecular weight excluding hydrogens is 334 g/mol. The van der Waals surface area contributed by atoms with Crippen molar-refractivity contribution in [2.45, 2.75) is 0 Å². The second-order valence-electron chi connectivity index (χ2n) is 3.36. The lowest BCUT2D eigenvalue weighted by molar-refractivity contribution is 0.146. The van der Waals surface area contributed by atoms with Gasteiger partial charge in [-0.3, -0.25) is 0 Å². The number of rotatable bonds is 7. The topological polar surface area (TPSA) is 27.7 Å². The molecular formula is C12H12Cl4O3. The summed E-state index contributed by atoms with van der Waals surface area (Å²) in [4.78, 5) is 0. The predicted molar refractivity (Wildman–Crippen MR) is 79.1 cm³/mol. The molecule has 0 aliphatic heterocycles. The fourth-order valence-corrected chi connectivity index (χ4v) is 1.89. The lowest BCUT2D eigenvalue weighted by atomic mass is 10.3. The van der Waals surface area contributed by atoms with Crippen LogP contribution in [0.25, 0.3) is 0 Å². The van der Waals surface area contributed by atoms with Crippen molar-refractivity contribution < 1.29 is 14.2 Å². The summed E-state index contributed by atoms with van der Waals surface area (Å²) >= 11 is 23.0. The molecule has 3 nitrogen and oxygen atoms in total. The predicted octanol–water partition coefficient (Wildman–Crippen LogP) is 4.72. The van der Waals surface area contributed by atoms with E-state index in [1.165, 1.54) is 6.08 Å². The van der Waals surface area contributed by atoms with Crippen LogP contribution in [0.15, 0.2) is 22.7 Å². The van der Waals surface area contributed by atoms with Gasteiger partial charge in [0.2, 0.25) is 0 Å². The van der Waals surface area contributed by atoms with E-state index in [1.807, 2.05) is 0 Å². The van der Waals surface area contributed by atoms with E-state index in [0.717, 1.165) is 0 Å². The molecule has 0 unspecified atom stereocenters. The van der Waals surface area contributed by atoms with Crippen LogP contribution in [0.4, 0.5) is 0 Å². The van der Waals surface area contributed by atoms with Crippen LogP contribution in [-0.4, -0.2) is 26.9 Å². The van der Waals surface area contributed by atoms with Gasteiger partial charge in [-0.2, -0.15) is 0 Å². The van der Waals surface area contributed by atoms with Crippen molar-refractivity contribution in [2.24, 2.45) is 0 Å². The molecule has 0 fully saturated rings. The van der Waals surface area contributed by atoms with Gasteiger partial charge in [-0.15, -0.1) is 0 Å². The molecule has 0 aliphatic carbocycles. The molecule has 1 aromatic rings. The SMILES string of the molecule is COCCOc1c(Cl)cc(OCC=C(Cl)Cl)cc1Cl. The Bertz CT molecular complexity index is 422. The van der Waals surface area contributed by atoms with Crippen molar-refractivity contribution in [3.8, 4) is 11.5 Å². The molecule has 1 rings (SSSR count). The first-order chi connectivity index (χ1) is 9.04. The molecule has 0 N–H and O–H groups in total. The van der Waals surface area contributed by atoms with Crippen LogP contribution in [0.3, 0.4) is 0 Å². The van der Waals surface area contributed by atoms with Gasteiger partial charge in [0.05, 0.1) is 16.7 Å². The summed E-state index contributed by atoms with van der Waals surface area (Å²) in [5.41, 5.74) is 0. The van der Waals surface area contributed by atoms with Crippen molar-refractivity contribution in [1.82, 2.24) is 0 Å². The highest BCUT2D eigenvalue weighted by molar-refractivity contribution is 6.55. The molecule has 0 amide bonds. The van der Waals surface area contributed by atoms with Crippen LogP contribution in [0, 0.1) is 0 Å². The fourth-order valence-electron chi connectivity index (χ4n) is 1.19. The maximum absolute atomic E-state index is 6.06. The molecule has 1 aromatic carbocycles. The zero-order chi connectivity index (χ0) is 14.3. The summed E-state index contributed by atoms with van der Waals surface area (Å²) in [5, 5.41) is 0.721. The highest BCUT2D eigenvalue weighted by Crippen LogP contribution is 2.36. The fraction of sp³-hybridized carbons (Fsp3) is 0.333. The molecule has 0 aromatic heterocycles. The van der Waals surface area contributed by atoms with E-state index < -0.39 is 0 Å². The Balaban J connectivity index is 2.70. The van der Waals surface area contributed by atoms with Crippen molar-refractivity contribution in [3.63, 3.8) is 0 Å². The number of ether oxygens (including phenoxy) is 3. The van der Waals surface area contributed by atoms with Crippen LogP contribution < -0.4 is 9.47 Å². The molecule has 19 heavy (non-hydrogen) atoms. The Morgan fingerprint density at radius 3 is 2.26 bits per heavy atom.